The Bertz CT molecular complexity index is 642. The Morgan fingerprint density at radius 2 is 1.68 bits per heavy atom. The highest BCUT2D eigenvalue weighted by Crippen LogP contribution is 2.27. The number of likely N-dealkylation sites (tertiary alicyclic amines) is 2. The van der Waals surface area contributed by atoms with Gasteiger partial charge in [0, 0.05) is 24.0 Å². The third kappa shape index (κ3) is 5.06. The van der Waals surface area contributed by atoms with Crippen LogP contribution in [0.25, 0.3) is 0 Å². The maximum Gasteiger partial charge on any atom is 0.223 e. The van der Waals surface area contributed by atoms with E-state index in [1.165, 1.54) is 31.2 Å². The minimum absolute atomic E-state index is 0.238. The topological polar surface area (TPSA) is 55.8 Å². The van der Waals surface area contributed by atoms with Gasteiger partial charge in [-0.15, -0.1) is 0 Å². The first-order chi connectivity index (χ1) is 13.6. The highest BCUT2D eigenvalue weighted by Gasteiger charge is 2.33. The zero-order chi connectivity index (χ0) is 19.5. The molecule has 1 saturated carbocycles. The molecule has 1 aliphatic carbocycles. The summed E-state index contributed by atoms with van der Waals surface area (Å²) in [5.74, 6) is 0.883. The fraction of sp³-hybridized carbons (Fsp3) is 0.696. The summed E-state index contributed by atoms with van der Waals surface area (Å²) >= 11 is 0. The number of benzene rings is 1. The standard InChI is InChI=1S/C23H35N3O2/c1-17(16-18-2-6-22(27)7-3-18)25-14-10-21(11-15-25)26-12-8-19(9-13-26)23(28)24-20-4-5-20/h2-3,6-7,17,19-21,27H,4-5,8-16H2,1H3,(H,24,28)/t17-/m1/s1. The molecule has 5 heteroatoms. The van der Waals surface area contributed by atoms with E-state index in [4.69, 9.17) is 0 Å². The van der Waals surface area contributed by atoms with Crippen molar-refractivity contribution in [3.8, 4) is 5.75 Å². The van der Waals surface area contributed by atoms with Crippen LogP contribution in [0.3, 0.4) is 0 Å². The fourth-order valence-electron chi connectivity index (χ4n) is 4.87. The Morgan fingerprint density at radius 1 is 1.04 bits per heavy atom. The van der Waals surface area contributed by atoms with Crippen LogP contribution in [0.4, 0.5) is 0 Å². The number of rotatable bonds is 6. The number of nitrogens with one attached hydrogen (secondary N) is 1. The highest BCUT2D eigenvalue weighted by molar-refractivity contribution is 5.79. The third-order valence-corrected chi connectivity index (χ3v) is 6.93. The Labute approximate surface area is 169 Å². The Hall–Kier alpha value is -1.59. The van der Waals surface area contributed by atoms with Crippen molar-refractivity contribution in [2.45, 2.75) is 70.0 Å². The van der Waals surface area contributed by atoms with E-state index < -0.39 is 0 Å². The first kappa shape index (κ1) is 19.7. The molecule has 1 amide bonds. The molecule has 3 aliphatic rings. The number of aromatic hydroxyl groups is 1. The molecule has 28 heavy (non-hydrogen) atoms. The molecule has 154 valence electrons. The molecule has 0 bridgehead atoms. The molecule has 2 heterocycles. The molecule has 1 aromatic carbocycles. The first-order valence-corrected chi connectivity index (χ1v) is 11.1. The van der Waals surface area contributed by atoms with E-state index in [0.717, 1.165) is 45.4 Å². The second-order valence-electron chi connectivity index (χ2n) is 9.08. The summed E-state index contributed by atoms with van der Waals surface area (Å²) in [5.41, 5.74) is 1.29. The summed E-state index contributed by atoms with van der Waals surface area (Å²) in [5, 5.41) is 12.6. The van der Waals surface area contributed by atoms with Gasteiger partial charge in [0.2, 0.25) is 5.91 Å². The van der Waals surface area contributed by atoms with Crippen LogP contribution in [-0.4, -0.2) is 65.1 Å². The van der Waals surface area contributed by atoms with Crippen molar-refractivity contribution in [2.24, 2.45) is 5.92 Å². The predicted molar refractivity (Wildman–Crippen MR) is 111 cm³/mol. The van der Waals surface area contributed by atoms with Crippen molar-refractivity contribution in [2.75, 3.05) is 26.2 Å². The van der Waals surface area contributed by atoms with Gasteiger partial charge in [-0.2, -0.15) is 0 Å². The summed E-state index contributed by atoms with van der Waals surface area (Å²) in [4.78, 5) is 17.5. The van der Waals surface area contributed by atoms with E-state index in [-0.39, 0.29) is 5.92 Å². The molecule has 5 nitrogen and oxygen atoms in total. The zero-order valence-corrected chi connectivity index (χ0v) is 17.1. The summed E-state index contributed by atoms with van der Waals surface area (Å²) < 4.78 is 0. The average Bonchev–Trinajstić information content (AvgIpc) is 3.54. The highest BCUT2D eigenvalue weighted by atomic mass is 16.3. The van der Waals surface area contributed by atoms with Crippen molar-refractivity contribution in [1.82, 2.24) is 15.1 Å². The SMILES string of the molecule is C[C@H](Cc1ccc(O)cc1)N1CCC(N2CCC(C(=O)NC3CC3)CC2)CC1. The molecular formula is C23H35N3O2. The largest absolute Gasteiger partial charge is 0.508 e. The molecule has 2 N–H and O–H groups in total. The summed E-state index contributed by atoms with van der Waals surface area (Å²) in [7, 11) is 0. The third-order valence-electron chi connectivity index (χ3n) is 6.93. The smallest absolute Gasteiger partial charge is 0.223 e. The normalized spacial score (nSPS) is 24.2. The van der Waals surface area contributed by atoms with Gasteiger partial charge < -0.3 is 20.2 Å². The van der Waals surface area contributed by atoms with Crippen LogP contribution >= 0.6 is 0 Å². The number of phenolic OH excluding ortho intramolecular Hbond substituents is 1. The van der Waals surface area contributed by atoms with Crippen molar-refractivity contribution in [1.29, 1.82) is 0 Å². The minimum Gasteiger partial charge on any atom is -0.508 e. The van der Waals surface area contributed by atoms with Gasteiger partial charge in [-0.25, -0.2) is 0 Å². The second kappa shape index (κ2) is 8.83. The Morgan fingerprint density at radius 3 is 2.29 bits per heavy atom. The lowest BCUT2D eigenvalue weighted by Gasteiger charge is -2.43. The van der Waals surface area contributed by atoms with Crippen molar-refractivity contribution < 1.29 is 9.90 Å². The monoisotopic (exact) mass is 385 g/mol. The Kier molecular flexibility index (Phi) is 6.22. The zero-order valence-electron chi connectivity index (χ0n) is 17.1. The van der Waals surface area contributed by atoms with Gasteiger partial charge in [-0.1, -0.05) is 12.1 Å². The van der Waals surface area contributed by atoms with E-state index >= 15 is 0 Å². The molecule has 0 radical (unpaired) electrons. The molecule has 1 aromatic rings. The number of hydrogen-bond acceptors (Lipinski definition) is 4. The molecule has 2 aliphatic heterocycles. The summed E-state index contributed by atoms with van der Waals surface area (Å²) in [6, 6.07) is 9.32. The van der Waals surface area contributed by atoms with Crippen molar-refractivity contribution >= 4 is 5.91 Å². The number of piperidine rings is 2. The van der Waals surface area contributed by atoms with Crippen LogP contribution in [0.2, 0.25) is 0 Å². The van der Waals surface area contributed by atoms with Crippen molar-refractivity contribution in [3.05, 3.63) is 29.8 Å². The van der Waals surface area contributed by atoms with Gasteiger partial charge >= 0.3 is 0 Å². The van der Waals surface area contributed by atoms with Crippen LogP contribution in [0, 0.1) is 5.92 Å². The maximum absolute atomic E-state index is 12.3. The first-order valence-electron chi connectivity index (χ1n) is 11.1. The van der Waals surface area contributed by atoms with Gasteiger partial charge in [0.1, 0.15) is 5.75 Å². The van der Waals surface area contributed by atoms with Crippen LogP contribution in [0.1, 0.15) is 51.0 Å². The molecule has 3 fully saturated rings. The molecule has 0 aromatic heterocycles. The van der Waals surface area contributed by atoms with E-state index in [0.29, 0.717) is 29.8 Å². The van der Waals surface area contributed by atoms with Crippen molar-refractivity contribution in [3.63, 3.8) is 0 Å². The Balaban J connectivity index is 1.19. The summed E-state index contributed by atoms with van der Waals surface area (Å²) in [6.07, 6.45) is 7.90. The predicted octanol–water partition coefficient (Wildman–Crippen LogP) is 2.78. The molecular weight excluding hydrogens is 350 g/mol. The van der Waals surface area contributed by atoms with Gasteiger partial charge in [-0.05, 0) is 95.7 Å². The van der Waals surface area contributed by atoms with Gasteiger partial charge in [0.15, 0.2) is 0 Å². The number of phenols is 1. The lowest BCUT2D eigenvalue weighted by molar-refractivity contribution is -0.126. The number of amides is 1. The van der Waals surface area contributed by atoms with Gasteiger partial charge in [0.25, 0.3) is 0 Å². The molecule has 0 unspecified atom stereocenters. The van der Waals surface area contributed by atoms with E-state index in [1.54, 1.807) is 12.1 Å². The number of carbonyl (C=O) groups excluding carboxylic acids is 1. The molecule has 4 rings (SSSR count). The second-order valence-corrected chi connectivity index (χ2v) is 9.08. The molecule has 1 atom stereocenters. The summed E-state index contributed by atoms with van der Waals surface area (Å²) in [6.45, 7) is 6.79. The number of hydrogen-bond donors (Lipinski definition) is 2. The van der Waals surface area contributed by atoms with Crippen LogP contribution < -0.4 is 5.32 Å². The lowest BCUT2D eigenvalue weighted by Crippen LogP contribution is -2.51. The fourth-order valence-corrected chi connectivity index (χ4v) is 4.87. The van der Waals surface area contributed by atoms with Gasteiger partial charge in [0.05, 0.1) is 0 Å². The number of nitrogens with zero attached hydrogens (tertiary/aromatic N) is 2. The molecule has 0 spiro atoms. The van der Waals surface area contributed by atoms with Crippen LogP contribution in [-0.2, 0) is 11.2 Å². The van der Waals surface area contributed by atoms with Crippen LogP contribution in [0.5, 0.6) is 5.75 Å². The average molecular weight is 386 g/mol. The van der Waals surface area contributed by atoms with E-state index in [9.17, 15) is 9.90 Å². The maximum atomic E-state index is 12.3. The number of carbonyl (C=O) groups is 1. The van der Waals surface area contributed by atoms with Crippen LogP contribution in [0.15, 0.2) is 24.3 Å². The quantitative estimate of drug-likeness (QED) is 0.791. The molecule has 2 saturated heterocycles. The minimum atomic E-state index is 0.238. The van der Waals surface area contributed by atoms with E-state index in [2.05, 4.69) is 22.0 Å². The van der Waals surface area contributed by atoms with Gasteiger partial charge in [-0.3, -0.25) is 4.79 Å². The lowest BCUT2D eigenvalue weighted by atomic mass is 9.92. The van der Waals surface area contributed by atoms with E-state index in [1.807, 2.05) is 12.1 Å².